The third kappa shape index (κ3) is 2.63. The second-order valence-electron chi connectivity index (χ2n) is 4.13. The fourth-order valence-corrected chi connectivity index (χ4v) is 1.85. The molecule has 1 aromatic carbocycles. The van der Waals surface area contributed by atoms with Crippen LogP contribution < -0.4 is 10.5 Å². The normalized spacial score (nSPS) is 10.4. The molecule has 2 aromatic rings. The van der Waals surface area contributed by atoms with Gasteiger partial charge in [0.05, 0.1) is 0 Å². The lowest BCUT2D eigenvalue weighted by atomic mass is 10.1. The minimum atomic E-state index is 0.397. The minimum Gasteiger partial charge on any atom is -0.438 e. The molecule has 0 saturated heterocycles. The highest BCUT2D eigenvalue weighted by molar-refractivity contribution is 6.30. The van der Waals surface area contributed by atoms with Crippen molar-refractivity contribution < 1.29 is 4.74 Å². The number of aromatic nitrogens is 1. The average Bonchev–Trinajstić information content (AvgIpc) is 2.34. The van der Waals surface area contributed by atoms with E-state index in [0.29, 0.717) is 23.2 Å². The molecule has 94 valence electrons. The highest BCUT2D eigenvalue weighted by Gasteiger charge is 2.09. The van der Waals surface area contributed by atoms with Gasteiger partial charge in [-0.05, 0) is 43.2 Å². The summed E-state index contributed by atoms with van der Waals surface area (Å²) in [6, 6.07) is 7.44. The van der Waals surface area contributed by atoms with Crippen LogP contribution in [0.4, 0.5) is 0 Å². The number of aryl methyl sites for hydroxylation is 2. The lowest BCUT2D eigenvalue weighted by Gasteiger charge is -2.12. The molecule has 0 bridgehead atoms. The first-order valence-electron chi connectivity index (χ1n) is 5.70. The Labute approximate surface area is 112 Å². The van der Waals surface area contributed by atoms with Gasteiger partial charge in [-0.25, -0.2) is 4.98 Å². The molecule has 0 aliphatic rings. The molecule has 0 unspecified atom stereocenters. The first kappa shape index (κ1) is 12.9. The molecule has 0 atom stereocenters. The molecule has 0 radical (unpaired) electrons. The Balaban J connectivity index is 2.40. The van der Waals surface area contributed by atoms with E-state index < -0.39 is 0 Å². The number of rotatable bonds is 3. The van der Waals surface area contributed by atoms with Crippen molar-refractivity contribution in [1.29, 1.82) is 0 Å². The smallest absolute Gasteiger partial charge is 0.223 e. The first-order chi connectivity index (χ1) is 8.61. The van der Waals surface area contributed by atoms with Crippen LogP contribution in [0.1, 0.15) is 16.7 Å². The minimum absolute atomic E-state index is 0.397. The maximum Gasteiger partial charge on any atom is 0.223 e. The Hall–Kier alpha value is -1.58. The maximum atomic E-state index is 5.96. The molecule has 3 nitrogen and oxygen atoms in total. The molecule has 0 aliphatic heterocycles. The van der Waals surface area contributed by atoms with Crippen molar-refractivity contribution >= 4 is 11.6 Å². The van der Waals surface area contributed by atoms with Gasteiger partial charge in [0.15, 0.2) is 0 Å². The van der Waals surface area contributed by atoms with Crippen molar-refractivity contribution in [2.24, 2.45) is 5.73 Å². The number of nitrogens with zero attached hydrogens (tertiary/aromatic N) is 1. The number of benzene rings is 1. The van der Waals surface area contributed by atoms with Crippen molar-refractivity contribution in [3.05, 3.63) is 52.2 Å². The standard InChI is InChI=1S/C14H15ClN2O/c1-9-5-6-17-14(12(9)8-16)18-13-7-11(15)4-3-10(13)2/h3-7H,8,16H2,1-2H3. The molecule has 2 rings (SSSR count). The van der Waals surface area contributed by atoms with E-state index in [4.69, 9.17) is 22.1 Å². The summed E-state index contributed by atoms with van der Waals surface area (Å²) in [6.07, 6.45) is 1.71. The molecule has 0 amide bonds. The topological polar surface area (TPSA) is 48.1 Å². The first-order valence-corrected chi connectivity index (χ1v) is 6.08. The summed E-state index contributed by atoms with van der Waals surface area (Å²) in [5, 5.41) is 0.637. The summed E-state index contributed by atoms with van der Waals surface area (Å²) in [5.41, 5.74) is 8.72. The fourth-order valence-electron chi connectivity index (χ4n) is 1.69. The van der Waals surface area contributed by atoms with Gasteiger partial charge in [-0.2, -0.15) is 0 Å². The van der Waals surface area contributed by atoms with Crippen LogP contribution in [0, 0.1) is 13.8 Å². The fraction of sp³-hybridized carbons (Fsp3) is 0.214. The highest BCUT2D eigenvalue weighted by Crippen LogP contribution is 2.29. The van der Waals surface area contributed by atoms with Crippen molar-refractivity contribution in [3.8, 4) is 11.6 Å². The summed E-state index contributed by atoms with van der Waals surface area (Å²) in [6.45, 7) is 4.35. The number of nitrogens with two attached hydrogens (primary N) is 1. The van der Waals surface area contributed by atoms with Crippen LogP contribution in [0.3, 0.4) is 0 Å². The van der Waals surface area contributed by atoms with Crippen LogP contribution in [-0.2, 0) is 6.54 Å². The van der Waals surface area contributed by atoms with Gasteiger partial charge in [0.25, 0.3) is 0 Å². The van der Waals surface area contributed by atoms with Gasteiger partial charge in [0, 0.05) is 23.3 Å². The molecule has 0 aliphatic carbocycles. The SMILES string of the molecule is Cc1ccc(Cl)cc1Oc1nccc(C)c1CN. The number of halogens is 1. The zero-order chi connectivity index (χ0) is 13.1. The highest BCUT2D eigenvalue weighted by atomic mass is 35.5. The molecule has 0 spiro atoms. The number of ether oxygens (including phenoxy) is 1. The van der Waals surface area contributed by atoms with Crippen LogP contribution >= 0.6 is 11.6 Å². The monoisotopic (exact) mass is 262 g/mol. The largest absolute Gasteiger partial charge is 0.438 e. The quantitative estimate of drug-likeness (QED) is 0.919. The van der Waals surface area contributed by atoms with E-state index in [0.717, 1.165) is 16.7 Å². The molecule has 1 aromatic heterocycles. The Kier molecular flexibility index (Phi) is 3.84. The van der Waals surface area contributed by atoms with E-state index in [1.54, 1.807) is 12.3 Å². The predicted molar refractivity (Wildman–Crippen MR) is 73.1 cm³/mol. The summed E-state index contributed by atoms with van der Waals surface area (Å²) in [4.78, 5) is 4.23. The van der Waals surface area contributed by atoms with Gasteiger partial charge in [-0.3, -0.25) is 0 Å². The number of hydrogen-bond acceptors (Lipinski definition) is 3. The zero-order valence-electron chi connectivity index (χ0n) is 10.4. The molecule has 18 heavy (non-hydrogen) atoms. The Morgan fingerprint density at radius 3 is 2.72 bits per heavy atom. The number of pyridine rings is 1. The van der Waals surface area contributed by atoms with Crippen molar-refractivity contribution in [2.45, 2.75) is 20.4 Å². The van der Waals surface area contributed by atoms with Gasteiger partial charge in [-0.15, -0.1) is 0 Å². The van der Waals surface area contributed by atoms with E-state index in [1.165, 1.54) is 0 Å². The maximum absolute atomic E-state index is 5.96. The van der Waals surface area contributed by atoms with Crippen LogP contribution in [0.25, 0.3) is 0 Å². The van der Waals surface area contributed by atoms with E-state index in [-0.39, 0.29) is 0 Å². The van der Waals surface area contributed by atoms with Crippen molar-refractivity contribution in [2.75, 3.05) is 0 Å². The van der Waals surface area contributed by atoms with Crippen LogP contribution in [0.15, 0.2) is 30.5 Å². The second kappa shape index (κ2) is 5.38. The van der Waals surface area contributed by atoms with Crippen LogP contribution in [0.2, 0.25) is 5.02 Å². The molecule has 1 heterocycles. The van der Waals surface area contributed by atoms with Gasteiger partial charge >= 0.3 is 0 Å². The Morgan fingerprint density at radius 1 is 1.22 bits per heavy atom. The predicted octanol–water partition coefficient (Wildman–Crippen LogP) is 3.60. The van der Waals surface area contributed by atoms with E-state index >= 15 is 0 Å². The molecule has 0 fully saturated rings. The Bertz CT molecular complexity index is 570. The summed E-state index contributed by atoms with van der Waals surface area (Å²) in [5.74, 6) is 1.25. The summed E-state index contributed by atoms with van der Waals surface area (Å²) >= 11 is 5.96. The summed E-state index contributed by atoms with van der Waals surface area (Å²) in [7, 11) is 0. The van der Waals surface area contributed by atoms with Gasteiger partial charge in [0.1, 0.15) is 5.75 Å². The van der Waals surface area contributed by atoms with E-state index in [9.17, 15) is 0 Å². The number of hydrogen-bond donors (Lipinski definition) is 1. The molecular formula is C14H15ClN2O. The van der Waals surface area contributed by atoms with Crippen LogP contribution in [-0.4, -0.2) is 4.98 Å². The average molecular weight is 263 g/mol. The lowest BCUT2D eigenvalue weighted by molar-refractivity contribution is 0.452. The summed E-state index contributed by atoms with van der Waals surface area (Å²) < 4.78 is 5.82. The lowest BCUT2D eigenvalue weighted by Crippen LogP contribution is -2.04. The third-order valence-electron chi connectivity index (χ3n) is 2.81. The van der Waals surface area contributed by atoms with Crippen LogP contribution in [0.5, 0.6) is 11.6 Å². The van der Waals surface area contributed by atoms with E-state index in [1.807, 2.05) is 32.0 Å². The second-order valence-corrected chi connectivity index (χ2v) is 4.56. The van der Waals surface area contributed by atoms with Gasteiger partial charge < -0.3 is 10.5 Å². The van der Waals surface area contributed by atoms with Crippen molar-refractivity contribution in [1.82, 2.24) is 4.98 Å². The van der Waals surface area contributed by atoms with Gasteiger partial charge in [0.2, 0.25) is 5.88 Å². The molecular weight excluding hydrogens is 248 g/mol. The molecule has 4 heteroatoms. The Morgan fingerprint density at radius 2 is 2.00 bits per heavy atom. The van der Waals surface area contributed by atoms with Crippen molar-refractivity contribution in [3.63, 3.8) is 0 Å². The molecule has 0 saturated carbocycles. The molecule has 2 N–H and O–H groups in total. The van der Waals surface area contributed by atoms with E-state index in [2.05, 4.69) is 4.98 Å². The zero-order valence-corrected chi connectivity index (χ0v) is 11.2. The van der Waals surface area contributed by atoms with Gasteiger partial charge in [-0.1, -0.05) is 17.7 Å². The third-order valence-corrected chi connectivity index (χ3v) is 3.05.